The molecule has 0 aliphatic rings. The molecule has 0 aliphatic heterocycles. The van der Waals surface area contributed by atoms with Gasteiger partial charge in [0.1, 0.15) is 0 Å². The van der Waals surface area contributed by atoms with E-state index in [2.05, 4.69) is 20.3 Å². The minimum absolute atomic E-state index is 0.160. The molecule has 0 fully saturated rings. The van der Waals surface area contributed by atoms with Gasteiger partial charge < -0.3 is 10.4 Å². The van der Waals surface area contributed by atoms with Crippen LogP contribution in [-0.4, -0.2) is 35.7 Å². The van der Waals surface area contributed by atoms with E-state index >= 15 is 0 Å². The Balaban J connectivity index is 1.80. The van der Waals surface area contributed by atoms with Gasteiger partial charge in [-0.05, 0) is 49.7 Å². The summed E-state index contributed by atoms with van der Waals surface area (Å²) in [4.78, 5) is 26.1. The Morgan fingerprint density at radius 2 is 1.91 bits per heavy atom. The molecule has 5 rings (SSSR count). The van der Waals surface area contributed by atoms with Crippen molar-refractivity contribution in [3.05, 3.63) is 76.6 Å². The Hall–Kier alpha value is -4.11. The van der Waals surface area contributed by atoms with Crippen LogP contribution in [0.5, 0.6) is 0 Å². The maximum atomic E-state index is 13.7. The van der Waals surface area contributed by atoms with Crippen molar-refractivity contribution in [3.8, 4) is 16.8 Å². The molecule has 0 atom stereocenters. The highest BCUT2D eigenvalue weighted by Gasteiger charge is 2.19. The lowest BCUT2D eigenvalue weighted by atomic mass is 10.0. The minimum Gasteiger partial charge on any atom is -0.390 e. The van der Waals surface area contributed by atoms with Gasteiger partial charge in [0.25, 0.3) is 0 Å². The number of fused-ring (bicyclic) bond motifs is 3. The largest absolute Gasteiger partial charge is 0.390 e. The second-order valence-electron chi connectivity index (χ2n) is 8.05. The van der Waals surface area contributed by atoms with Crippen LogP contribution >= 0.6 is 0 Å². The Kier molecular flexibility index (Phi) is 5.33. The van der Waals surface area contributed by atoms with Gasteiger partial charge in [-0.3, -0.25) is 19.1 Å². The van der Waals surface area contributed by atoms with E-state index in [1.807, 2.05) is 31.2 Å². The van der Waals surface area contributed by atoms with Gasteiger partial charge in [-0.25, -0.2) is 9.78 Å². The van der Waals surface area contributed by atoms with Gasteiger partial charge in [0.05, 0.1) is 52.1 Å². The molecule has 4 aromatic heterocycles. The molecule has 0 spiro atoms. The predicted molar refractivity (Wildman–Crippen MR) is 130 cm³/mol. The number of anilines is 1. The molecular weight excluding hydrogens is 435 g/mol. The van der Waals surface area contributed by atoms with E-state index in [4.69, 9.17) is 0 Å². The zero-order chi connectivity index (χ0) is 24.0. The molecule has 8 nitrogen and oxygen atoms in total. The normalized spacial score (nSPS) is 11.4. The average Bonchev–Trinajstić information content (AvgIpc) is 3.09. The van der Waals surface area contributed by atoms with Crippen LogP contribution in [0.3, 0.4) is 0 Å². The Bertz CT molecular complexity index is 1620. The summed E-state index contributed by atoms with van der Waals surface area (Å²) < 4.78 is 16.8. The van der Waals surface area contributed by atoms with E-state index in [0.717, 1.165) is 27.7 Å². The first-order chi connectivity index (χ1) is 16.4. The van der Waals surface area contributed by atoms with Crippen LogP contribution in [0, 0.1) is 12.9 Å². The van der Waals surface area contributed by atoms with Gasteiger partial charge in [-0.15, -0.1) is 0 Å². The lowest BCUT2D eigenvalue weighted by Gasteiger charge is -2.12. The summed E-state index contributed by atoms with van der Waals surface area (Å²) in [6.45, 7) is 4.19. The number of aliphatic hydroxyl groups is 1. The van der Waals surface area contributed by atoms with Crippen LogP contribution in [0.15, 0.2) is 53.6 Å². The van der Waals surface area contributed by atoms with Gasteiger partial charge >= 0.3 is 5.69 Å². The molecule has 2 N–H and O–H groups in total. The van der Waals surface area contributed by atoms with Crippen molar-refractivity contribution in [2.45, 2.75) is 20.5 Å². The molecule has 0 bridgehead atoms. The molecule has 0 unspecified atom stereocenters. The number of nitrogens with one attached hydrogen (secondary N) is 1. The number of rotatable bonds is 5. The molecule has 9 heteroatoms. The second kappa shape index (κ2) is 8.35. The zero-order valence-electron chi connectivity index (χ0n) is 19.0. The molecule has 1 aromatic carbocycles. The minimum atomic E-state index is -0.598. The summed E-state index contributed by atoms with van der Waals surface area (Å²) in [7, 11) is 1.69. The predicted octanol–water partition coefficient (Wildman–Crippen LogP) is 3.71. The van der Waals surface area contributed by atoms with Crippen molar-refractivity contribution in [1.29, 1.82) is 0 Å². The third-order valence-electron chi connectivity index (χ3n) is 5.97. The SMILES string of the molecule is CCNc1cc(-c2ccc3ncc4c(c3c2)n(-c2ccc(F)nc2C)c(=O)n4C)cnc1CO. The molecule has 0 saturated heterocycles. The number of nitrogens with zero attached hydrogens (tertiary/aromatic N) is 5. The zero-order valence-corrected chi connectivity index (χ0v) is 19.0. The smallest absolute Gasteiger partial charge is 0.333 e. The number of aryl methyl sites for hydroxylation is 2. The van der Waals surface area contributed by atoms with Crippen LogP contribution in [0.2, 0.25) is 0 Å². The molecule has 0 saturated carbocycles. The average molecular weight is 458 g/mol. The topological polar surface area (TPSA) is 97.9 Å². The second-order valence-corrected chi connectivity index (χ2v) is 8.05. The third kappa shape index (κ3) is 3.41. The fourth-order valence-electron chi connectivity index (χ4n) is 4.28. The van der Waals surface area contributed by atoms with Gasteiger partial charge in [-0.1, -0.05) is 6.07 Å². The third-order valence-corrected chi connectivity index (χ3v) is 5.97. The number of hydrogen-bond donors (Lipinski definition) is 2. The van der Waals surface area contributed by atoms with Crippen molar-refractivity contribution in [3.63, 3.8) is 0 Å². The van der Waals surface area contributed by atoms with Crippen molar-refractivity contribution < 1.29 is 9.50 Å². The monoisotopic (exact) mass is 458 g/mol. The summed E-state index contributed by atoms with van der Waals surface area (Å²) in [6.07, 6.45) is 3.38. The summed E-state index contributed by atoms with van der Waals surface area (Å²) in [5.41, 5.74) is 5.78. The highest BCUT2D eigenvalue weighted by atomic mass is 19.1. The van der Waals surface area contributed by atoms with E-state index in [9.17, 15) is 14.3 Å². The van der Waals surface area contributed by atoms with Crippen LogP contribution in [0.4, 0.5) is 10.1 Å². The van der Waals surface area contributed by atoms with E-state index < -0.39 is 5.95 Å². The lowest BCUT2D eigenvalue weighted by molar-refractivity contribution is 0.277. The summed E-state index contributed by atoms with van der Waals surface area (Å²) in [5, 5.41) is 13.6. The summed E-state index contributed by atoms with van der Waals surface area (Å²) in [5.74, 6) is -0.598. The van der Waals surface area contributed by atoms with Gasteiger partial charge in [-0.2, -0.15) is 4.39 Å². The van der Waals surface area contributed by atoms with E-state index in [1.165, 1.54) is 10.6 Å². The molecule has 4 heterocycles. The highest BCUT2D eigenvalue weighted by Crippen LogP contribution is 2.31. The van der Waals surface area contributed by atoms with Crippen LogP contribution in [-0.2, 0) is 13.7 Å². The maximum absolute atomic E-state index is 13.7. The van der Waals surface area contributed by atoms with E-state index in [1.54, 1.807) is 37.0 Å². The summed E-state index contributed by atoms with van der Waals surface area (Å²) >= 11 is 0. The Morgan fingerprint density at radius 3 is 2.65 bits per heavy atom. The number of pyridine rings is 3. The van der Waals surface area contributed by atoms with Crippen LogP contribution in [0.1, 0.15) is 18.3 Å². The van der Waals surface area contributed by atoms with E-state index in [0.29, 0.717) is 34.7 Å². The number of halogens is 1. The van der Waals surface area contributed by atoms with Gasteiger partial charge in [0.2, 0.25) is 5.95 Å². The number of imidazole rings is 1. The van der Waals surface area contributed by atoms with Gasteiger partial charge in [0, 0.05) is 30.7 Å². The molecule has 172 valence electrons. The fraction of sp³-hybridized carbons (Fsp3) is 0.200. The maximum Gasteiger partial charge on any atom is 0.333 e. The van der Waals surface area contributed by atoms with Crippen molar-refractivity contribution in [2.24, 2.45) is 7.05 Å². The number of aromatic nitrogens is 5. The van der Waals surface area contributed by atoms with Crippen molar-refractivity contribution in [2.75, 3.05) is 11.9 Å². The lowest BCUT2D eigenvalue weighted by Crippen LogP contribution is -2.21. The van der Waals surface area contributed by atoms with Crippen LogP contribution in [0.25, 0.3) is 38.8 Å². The number of benzene rings is 1. The Morgan fingerprint density at radius 1 is 1.09 bits per heavy atom. The first-order valence-corrected chi connectivity index (χ1v) is 10.9. The first-order valence-electron chi connectivity index (χ1n) is 10.9. The molecule has 0 amide bonds. The molecular formula is C25H23FN6O2. The number of aliphatic hydroxyl groups excluding tert-OH is 1. The standard InChI is InChI=1S/C25H23FN6O2/c1-4-27-19-10-16(11-28-20(19)13-33)15-5-6-18-17(9-15)24-22(12-29-18)31(3)25(34)32(24)21-7-8-23(26)30-14(21)2/h5-12,27,33H,4,13H2,1-3H3. The van der Waals surface area contributed by atoms with Crippen LogP contribution < -0.4 is 11.0 Å². The fourth-order valence-corrected chi connectivity index (χ4v) is 4.28. The number of hydrogen-bond acceptors (Lipinski definition) is 6. The Labute approximate surface area is 194 Å². The van der Waals surface area contributed by atoms with Crippen molar-refractivity contribution in [1.82, 2.24) is 24.1 Å². The van der Waals surface area contributed by atoms with Gasteiger partial charge in [0.15, 0.2) is 0 Å². The van der Waals surface area contributed by atoms with Crippen molar-refractivity contribution >= 4 is 27.6 Å². The molecule has 0 radical (unpaired) electrons. The quantitative estimate of drug-likeness (QED) is 0.390. The van der Waals surface area contributed by atoms with E-state index in [-0.39, 0.29) is 12.3 Å². The molecule has 0 aliphatic carbocycles. The summed E-state index contributed by atoms with van der Waals surface area (Å²) in [6, 6.07) is 10.6. The molecule has 5 aromatic rings. The highest BCUT2D eigenvalue weighted by molar-refractivity contribution is 6.04. The molecule has 34 heavy (non-hydrogen) atoms. The first kappa shape index (κ1) is 21.7.